The molecule has 1 aromatic heterocycles. The average molecular weight is 353 g/mol. The average Bonchev–Trinajstić information content (AvgIpc) is 3.12. The summed E-state index contributed by atoms with van der Waals surface area (Å²) in [6, 6.07) is 10.9. The lowest BCUT2D eigenvalue weighted by Gasteiger charge is -2.13. The predicted octanol–water partition coefficient (Wildman–Crippen LogP) is 4.39. The predicted molar refractivity (Wildman–Crippen MR) is 102 cm³/mol. The number of aromatic nitrogens is 2. The molecule has 0 saturated carbocycles. The van der Waals surface area contributed by atoms with Crippen LogP contribution in [0.4, 0.5) is 5.69 Å². The fourth-order valence-corrected chi connectivity index (χ4v) is 2.53. The molecule has 0 aliphatic carbocycles. The first-order valence-corrected chi connectivity index (χ1v) is 8.85. The van der Waals surface area contributed by atoms with E-state index in [0.29, 0.717) is 36.0 Å². The summed E-state index contributed by atoms with van der Waals surface area (Å²) in [7, 11) is 0. The van der Waals surface area contributed by atoms with Crippen LogP contribution in [0, 0.1) is 0 Å². The highest BCUT2D eigenvalue weighted by Crippen LogP contribution is 2.29. The van der Waals surface area contributed by atoms with Crippen LogP contribution in [0.2, 0.25) is 0 Å². The summed E-state index contributed by atoms with van der Waals surface area (Å²) < 4.78 is 11.5. The van der Waals surface area contributed by atoms with E-state index >= 15 is 0 Å². The van der Waals surface area contributed by atoms with E-state index in [1.54, 1.807) is 24.4 Å². The van der Waals surface area contributed by atoms with Crippen LogP contribution in [0.1, 0.15) is 37.0 Å². The number of hydrogen-bond donors (Lipinski definition) is 2. The number of ether oxygens (including phenoxy) is 2. The molecule has 3 aromatic rings. The van der Waals surface area contributed by atoms with Gasteiger partial charge in [0.05, 0.1) is 24.9 Å². The molecule has 0 bridgehead atoms. The molecule has 6 heteroatoms. The van der Waals surface area contributed by atoms with E-state index in [2.05, 4.69) is 15.5 Å². The largest absolute Gasteiger partial charge is 0.490 e. The Labute approximate surface area is 152 Å². The number of carbonyl (C=O) groups is 1. The van der Waals surface area contributed by atoms with Crippen molar-refractivity contribution in [1.82, 2.24) is 10.2 Å². The maximum absolute atomic E-state index is 12.6. The summed E-state index contributed by atoms with van der Waals surface area (Å²) in [5, 5.41) is 10.7. The van der Waals surface area contributed by atoms with Gasteiger partial charge in [0, 0.05) is 16.6 Å². The summed E-state index contributed by atoms with van der Waals surface area (Å²) in [5.74, 6) is 1.06. The van der Waals surface area contributed by atoms with Crippen LogP contribution in [-0.4, -0.2) is 29.3 Å². The minimum absolute atomic E-state index is 0.198. The third-order valence-corrected chi connectivity index (χ3v) is 3.83. The van der Waals surface area contributed by atoms with Gasteiger partial charge < -0.3 is 14.8 Å². The summed E-state index contributed by atoms with van der Waals surface area (Å²) in [6.07, 6.45) is 3.52. The van der Waals surface area contributed by atoms with Crippen LogP contribution in [0.15, 0.2) is 42.6 Å². The van der Waals surface area contributed by atoms with E-state index in [-0.39, 0.29) is 5.91 Å². The summed E-state index contributed by atoms with van der Waals surface area (Å²) in [5.41, 5.74) is 2.16. The fraction of sp³-hybridized carbons (Fsp3) is 0.300. The second-order valence-corrected chi connectivity index (χ2v) is 5.98. The van der Waals surface area contributed by atoms with E-state index in [0.717, 1.165) is 23.7 Å². The highest BCUT2D eigenvalue weighted by atomic mass is 16.5. The van der Waals surface area contributed by atoms with Crippen molar-refractivity contribution in [2.24, 2.45) is 0 Å². The maximum atomic E-state index is 12.6. The summed E-state index contributed by atoms with van der Waals surface area (Å²) >= 11 is 0. The van der Waals surface area contributed by atoms with Crippen molar-refractivity contribution in [1.29, 1.82) is 0 Å². The monoisotopic (exact) mass is 353 g/mol. The number of aromatic amines is 1. The van der Waals surface area contributed by atoms with Gasteiger partial charge in [0.25, 0.3) is 5.91 Å². The molecule has 0 aliphatic heterocycles. The smallest absolute Gasteiger partial charge is 0.255 e. The molecule has 6 nitrogen and oxygen atoms in total. The Morgan fingerprint density at radius 3 is 2.58 bits per heavy atom. The Morgan fingerprint density at radius 2 is 1.81 bits per heavy atom. The van der Waals surface area contributed by atoms with E-state index in [1.165, 1.54) is 0 Å². The highest BCUT2D eigenvalue weighted by Gasteiger charge is 2.12. The van der Waals surface area contributed by atoms with Crippen LogP contribution < -0.4 is 14.8 Å². The lowest BCUT2D eigenvalue weighted by Crippen LogP contribution is -2.12. The zero-order valence-corrected chi connectivity index (χ0v) is 15.0. The standard InChI is InChI=1S/C20H23N3O3/c1-3-9-25-18-8-5-14(12-19(18)26-10-4-2)20(24)22-16-6-7-17-15(11-16)13-21-23-17/h5-8,11-13H,3-4,9-10H2,1-2H3,(H,21,23)(H,22,24). The molecular formula is C20H23N3O3. The minimum atomic E-state index is -0.198. The molecule has 26 heavy (non-hydrogen) atoms. The Bertz CT molecular complexity index is 889. The molecule has 0 fully saturated rings. The van der Waals surface area contributed by atoms with Crippen molar-refractivity contribution >= 4 is 22.5 Å². The van der Waals surface area contributed by atoms with E-state index in [9.17, 15) is 4.79 Å². The van der Waals surface area contributed by atoms with Crippen LogP contribution >= 0.6 is 0 Å². The van der Waals surface area contributed by atoms with Gasteiger partial charge in [-0.2, -0.15) is 5.10 Å². The van der Waals surface area contributed by atoms with E-state index in [4.69, 9.17) is 9.47 Å². The van der Waals surface area contributed by atoms with Crippen molar-refractivity contribution in [2.75, 3.05) is 18.5 Å². The number of carbonyl (C=O) groups excluding carboxylic acids is 1. The van der Waals surface area contributed by atoms with Crippen molar-refractivity contribution in [2.45, 2.75) is 26.7 Å². The second-order valence-electron chi connectivity index (χ2n) is 5.98. The third kappa shape index (κ3) is 4.14. The van der Waals surface area contributed by atoms with Crippen molar-refractivity contribution in [3.63, 3.8) is 0 Å². The number of anilines is 1. The molecule has 3 rings (SSSR count). The molecule has 0 unspecified atom stereocenters. The molecule has 2 aromatic carbocycles. The molecule has 1 amide bonds. The number of H-pyrrole nitrogens is 1. The lowest BCUT2D eigenvalue weighted by atomic mass is 10.1. The number of hydrogen-bond acceptors (Lipinski definition) is 4. The van der Waals surface area contributed by atoms with Gasteiger partial charge in [0.15, 0.2) is 11.5 Å². The molecule has 0 radical (unpaired) electrons. The van der Waals surface area contributed by atoms with Crippen LogP contribution in [0.3, 0.4) is 0 Å². The molecule has 0 atom stereocenters. The van der Waals surface area contributed by atoms with Crippen molar-refractivity contribution in [3.8, 4) is 11.5 Å². The summed E-state index contributed by atoms with van der Waals surface area (Å²) in [4.78, 5) is 12.6. The number of nitrogens with one attached hydrogen (secondary N) is 2. The third-order valence-electron chi connectivity index (χ3n) is 3.83. The fourth-order valence-electron chi connectivity index (χ4n) is 2.53. The van der Waals surface area contributed by atoms with Gasteiger partial charge in [-0.05, 0) is 49.2 Å². The quantitative estimate of drug-likeness (QED) is 0.629. The van der Waals surface area contributed by atoms with E-state index < -0.39 is 0 Å². The van der Waals surface area contributed by atoms with Gasteiger partial charge in [-0.3, -0.25) is 9.89 Å². The van der Waals surface area contributed by atoms with Crippen molar-refractivity contribution in [3.05, 3.63) is 48.2 Å². The first-order chi connectivity index (χ1) is 12.7. The molecule has 136 valence electrons. The Balaban J connectivity index is 1.78. The Kier molecular flexibility index (Phi) is 5.73. The number of nitrogens with zero attached hydrogens (tertiary/aromatic N) is 1. The number of amides is 1. The second kappa shape index (κ2) is 8.38. The zero-order chi connectivity index (χ0) is 18.4. The first kappa shape index (κ1) is 17.8. The number of benzene rings is 2. The SMILES string of the molecule is CCCOc1ccc(C(=O)Nc2ccc3[nH]ncc3c2)cc1OCCC. The van der Waals surface area contributed by atoms with Gasteiger partial charge in [-0.15, -0.1) is 0 Å². The summed E-state index contributed by atoms with van der Waals surface area (Å²) in [6.45, 7) is 5.27. The minimum Gasteiger partial charge on any atom is -0.490 e. The van der Waals surface area contributed by atoms with Gasteiger partial charge >= 0.3 is 0 Å². The molecule has 2 N–H and O–H groups in total. The molecule has 0 spiro atoms. The van der Waals surface area contributed by atoms with Crippen LogP contribution in [0.25, 0.3) is 10.9 Å². The Hall–Kier alpha value is -3.02. The van der Waals surface area contributed by atoms with Gasteiger partial charge in [-0.25, -0.2) is 0 Å². The van der Waals surface area contributed by atoms with Crippen LogP contribution in [0.5, 0.6) is 11.5 Å². The number of rotatable bonds is 8. The van der Waals surface area contributed by atoms with Gasteiger partial charge in [0.1, 0.15) is 0 Å². The van der Waals surface area contributed by atoms with E-state index in [1.807, 2.05) is 32.0 Å². The normalized spacial score (nSPS) is 10.7. The molecular weight excluding hydrogens is 330 g/mol. The first-order valence-electron chi connectivity index (χ1n) is 8.85. The van der Waals surface area contributed by atoms with Gasteiger partial charge in [-0.1, -0.05) is 13.8 Å². The number of fused-ring (bicyclic) bond motifs is 1. The molecule has 1 heterocycles. The molecule has 0 aliphatic rings. The van der Waals surface area contributed by atoms with Crippen LogP contribution in [-0.2, 0) is 0 Å². The van der Waals surface area contributed by atoms with Gasteiger partial charge in [0.2, 0.25) is 0 Å². The Morgan fingerprint density at radius 1 is 1.04 bits per heavy atom. The molecule has 0 saturated heterocycles. The maximum Gasteiger partial charge on any atom is 0.255 e. The van der Waals surface area contributed by atoms with Crippen molar-refractivity contribution < 1.29 is 14.3 Å². The lowest BCUT2D eigenvalue weighted by molar-refractivity contribution is 0.102. The topological polar surface area (TPSA) is 76.2 Å². The highest BCUT2D eigenvalue weighted by molar-refractivity contribution is 6.05. The zero-order valence-electron chi connectivity index (χ0n) is 15.0.